The van der Waals surface area contributed by atoms with Gasteiger partial charge in [0.15, 0.2) is 0 Å². The lowest BCUT2D eigenvalue weighted by molar-refractivity contribution is -0.126. The van der Waals surface area contributed by atoms with Crippen molar-refractivity contribution in [2.45, 2.75) is 45.2 Å². The van der Waals surface area contributed by atoms with Crippen LogP contribution in [0.4, 0.5) is 0 Å². The van der Waals surface area contributed by atoms with Crippen LogP contribution in [0.3, 0.4) is 0 Å². The Morgan fingerprint density at radius 2 is 2.16 bits per heavy atom. The third-order valence-electron chi connectivity index (χ3n) is 3.97. The van der Waals surface area contributed by atoms with Gasteiger partial charge in [0.25, 0.3) is 0 Å². The summed E-state index contributed by atoms with van der Waals surface area (Å²) in [7, 11) is 1.70. The number of rotatable bonds is 10. The second kappa shape index (κ2) is 7.22. The number of amides is 1. The molecule has 0 aliphatic heterocycles. The fourth-order valence-corrected chi connectivity index (χ4v) is 2.64. The fraction of sp³-hybridized carbons (Fsp3) is 0.929. The fourth-order valence-electron chi connectivity index (χ4n) is 2.64. The van der Waals surface area contributed by atoms with Gasteiger partial charge in [0.1, 0.15) is 5.54 Å². The molecule has 0 radical (unpaired) electrons. The van der Waals surface area contributed by atoms with Gasteiger partial charge in [0.2, 0.25) is 5.91 Å². The molecular formula is C14H29N3O2. The lowest BCUT2D eigenvalue weighted by atomic mass is 9.90. The highest BCUT2D eigenvalue weighted by Gasteiger charge is 2.50. The first kappa shape index (κ1) is 16.4. The summed E-state index contributed by atoms with van der Waals surface area (Å²) in [5, 5.41) is 3.36. The monoisotopic (exact) mass is 271 g/mol. The van der Waals surface area contributed by atoms with Crippen molar-refractivity contribution < 1.29 is 9.53 Å². The summed E-state index contributed by atoms with van der Waals surface area (Å²) in [6.07, 6.45) is 2.18. The number of hydrogen-bond acceptors (Lipinski definition) is 4. The van der Waals surface area contributed by atoms with Gasteiger partial charge in [0.05, 0.1) is 6.61 Å². The van der Waals surface area contributed by atoms with E-state index in [2.05, 4.69) is 24.1 Å². The van der Waals surface area contributed by atoms with Crippen LogP contribution in [-0.2, 0) is 9.53 Å². The second-order valence-electron chi connectivity index (χ2n) is 5.70. The molecule has 1 aliphatic carbocycles. The van der Waals surface area contributed by atoms with E-state index in [1.165, 1.54) is 0 Å². The number of nitrogens with two attached hydrogens (primary N) is 1. The van der Waals surface area contributed by atoms with Crippen molar-refractivity contribution in [3.05, 3.63) is 0 Å². The standard InChI is InChI=1S/C14H29N3O2/c1-5-16-14(13(15)18,12-6-7-12)10-17(11(2)3)8-9-19-4/h11-12,16H,5-10H2,1-4H3,(H2,15,18). The number of carbonyl (C=O) groups is 1. The van der Waals surface area contributed by atoms with Crippen LogP contribution in [0, 0.1) is 5.92 Å². The number of carbonyl (C=O) groups excluding carboxylic acids is 1. The molecule has 1 fully saturated rings. The average molecular weight is 271 g/mol. The molecule has 19 heavy (non-hydrogen) atoms. The van der Waals surface area contributed by atoms with Crippen LogP contribution in [0.5, 0.6) is 0 Å². The molecule has 0 aromatic rings. The smallest absolute Gasteiger partial charge is 0.239 e. The summed E-state index contributed by atoms with van der Waals surface area (Å²) in [4.78, 5) is 14.3. The first-order valence-corrected chi connectivity index (χ1v) is 7.25. The highest BCUT2D eigenvalue weighted by Crippen LogP contribution is 2.40. The third-order valence-corrected chi connectivity index (χ3v) is 3.97. The van der Waals surface area contributed by atoms with Gasteiger partial charge >= 0.3 is 0 Å². The first-order chi connectivity index (χ1) is 8.97. The maximum Gasteiger partial charge on any atom is 0.239 e. The number of hydrogen-bond donors (Lipinski definition) is 2. The zero-order valence-electron chi connectivity index (χ0n) is 12.7. The molecule has 1 unspecified atom stereocenters. The highest BCUT2D eigenvalue weighted by molar-refractivity contribution is 5.86. The van der Waals surface area contributed by atoms with Crippen molar-refractivity contribution in [1.82, 2.24) is 10.2 Å². The highest BCUT2D eigenvalue weighted by atomic mass is 16.5. The van der Waals surface area contributed by atoms with Gasteiger partial charge in [0, 0.05) is 26.2 Å². The Kier molecular flexibility index (Phi) is 6.23. The molecule has 1 rings (SSSR count). The van der Waals surface area contributed by atoms with Crippen LogP contribution >= 0.6 is 0 Å². The second-order valence-corrected chi connectivity index (χ2v) is 5.70. The largest absolute Gasteiger partial charge is 0.383 e. The Balaban J connectivity index is 2.81. The summed E-state index contributed by atoms with van der Waals surface area (Å²) >= 11 is 0. The molecule has 1 aliphatic rings. The van der Waals surface area contributed by atoms with Crippen LogP contribution in [0.2, 0.25) is 0 Å². The maximum absolute atomic E-state index is 12.0. The summed E-state index contributed by atoms with van der Waals surface area (Å²) in [5.41, 5.74) is 5.14. The number of primary amides is 1. The van der Waals surface area contributed by atoms with Crippen molar-refractivity contribution in [2.24, 2.45) is 11.7 Å². The molecule has 0 spiro atoms. The summed E-state index contributed by atoms with van der Waals surface area (Å²) < 4.78 is 5.16. The lowest BCUT2D eigenvalue weighted by Gasteiger charge is -2.38. The third kappa shape index (κ3) is 4.16. The van der Waals surface area contributed by atoms with Gasteiger partial charge in [-0.1, -0.05) is 6.92 Å². The van der Waals surface area contributed by atoms with Crippen molar-refractivity contribution in [2.75, 3.05) is 33.4 Å². The topological polar surface area (TPSA) is 67.6 Å². The normalized spacial score (nSPS) is 18.8. The molecule has 0 saturated heterocycles. The zero-order valence-corrected chi connectivity index (χ0v) is 12.7. The van der Waals surface area contributed by atoms with Gasteiger partial charge in [-0.25, -0.2) is 0 Å². The molecule has 112 valence electrons. The van der Waals surface area contributed by atoms with Gasteiger partial charge in [-0.15, -0.1) is 0 Å². The van der Waals surface area contributed by atoms with Crippen LogP contribution in [0.25, 0.3) is 0 Å². The van der Waals surface area contributed by atoms with Crippen molar-refractivity contribution >= 4 is 5.91 Å². The predicted octanol–water partition coefficient (Wildman–Crippen LogP) is 0.587. The van der Waals surface area contributed by atoms with Gasteiger partial charge < -0.3 is 15.8 Å². The van der Waals surface area contributed by atoms with E-state index in [1.807, 2.05) is 6.92 Å². The molecule has 5 nitrogen and oxygen atoms in total. The SMILES string of the molecule is CCNC(CN(CCOC)C(C)C)(C(N)=O)C1CC1. The Hall–Kier alpha value is -0.650. The minimum atomic E-state index is -0.577. The van der Waals surface area contributed by atoms with E-state index in [0.29, 0.717) is 25.1 Å². The van der Waals surface area contributed by atoms with Gasteiger partial charge in [-0.2, -0.15) is 0 Å². The molecule has 1 amide bonds. The molecule has 0 aromatic carbocycles. The number of nitrogens with zero attached hydrogens (tertiary/aromatic N) is 1. The maximum atomic E-state index is 12.0. The van der Waals surface area contributed by atoms with E-state index in [-0.39, 0.29) is 5.91 Å². The molecule has 5 heteroatoms. The average Bonchev–Trinajstić information content (AvgIpc) is 3.16. The van der Waals surface area contributed by atoms with E-state index < -0.39 is 5.54 Å². The number of likely N-dealkylation sites (N-methyl/N-ethyl adjacent to an activating group) is 1. The molecule has 0 bridgehead atoms. The Labute approximate surface area is 116 Å². The Morgan fingerprint density at radius 1 is 1.53 bits per heavy atom. The van der Waals surface area contributed by atoms with E-state index in [1.54, 1.807) is 7.11 Å². The summed E-state index contributed by atoms with van der Waals surface area (Å²) in [5.74, 6) is 0.161. The number of methoxy groups -OCH3 is 1. The van der Waals surface area contributed by atoms with Crippen molar-refractivity contribution in [1.29, 1.82) is 0 Å². The minimum absolute atomic E-state index is 0.222. The Bertz CT molecular complexity index is 292. The van der Waals surface area contributed by atoms with Gasteiger partial charge in [-0.3, -0.25) is 9.69 Å². The first-order valence-electron chi connectivity index (χ1n) is 7.25. The zero-order chi connectivity index (χ0) is 14.5. The molecule has 1 saturated carbocycles. The number of nitrogens with one attached hydrogen (secondary N) is 1. The molecule has 3 N–H and O–H groups in total. The van der Waals surface area contributed by atoms with E-state index in [0.717, 1.165) is 25.9 Å². The van der Waals surface area contributed by atoms with Crippen LogP contribution in [0.1, 0.15) is 33.6 Å². The minimum Gasteiger partial charge on any atom is -0.383 e. The van der Waals surface area contributed by atoms with Crippen LogP contribution < -0.4 is 11.1 Å². The quantitative estimate of drug-likeness (QED) is 0.610. The van der Waals surface area contributed by atoms with Gasteiger partial charge in [-0.05, 0) is 39.2 Å². The van der Waals surface area contributed by atoms with Crippen molar-refractivity contribution in [3.63, 3.8) is 0 Å². The van der Waals surface area contributed by atoms with Crippen LogP contribution in [0.15, 0.2) is 0 Å². The van der Waals surface area contributed by atoms with E-state index >= 15 is 0 Å². The lowest BCUT2D eigenvalue weighted by Crippen LogP contribution is -2.64. The molecule has 0 heterocycles. The van der Waals surface area contributed by atoms with E-state index in [9.17, 15) is 4.79 Å². The summed E-state index contributed by atoms with van der Waals surface area (Å²) in [6.45, 7) is 9.22. The summed E-state index contributed by atoms with van der Waals surface area (Å²) in [6, 6.07) is 0.367. The molecule has 0 aromatic heterocycles. The predicted molar refractivity (Wildman–Crippen MR) is 76.9 cm³/mol. The number of ether oxygens (including phenoxy) is 1. The van der Waals surface area contributed by atoms with E-state index in [4.69, 9.17) is 10.5 Å². The molecule has 1 atom stereocenters. The molecular weight excluding hydrogens is 242 g/mol. The van der Waals surface area contributed by atoms with Crippen molar-refractivity contribution in [3.8, 4) is 0 Å². The van der Waals surface area contributed by atoms with Crippen LogP contribution in [-0.4, -0.2) is 55.7 Å². The Morgan fingerprint density at radius 3 is 2.53 bits per heavy atom.